The van der Waals surface area contributed by atoms with E-state index in [0.29, 0.717) is 0 Å². The van der Waals surface area contributed by atoms with Crippen LogP contribution in [0.3, 0.4) is 0 Å². The smallest absolute Gasteiger partial charge is 0.128 e. The Hall–Kier alpha value is -1.83. The van der Waals surface area contributed by atoms with E-state index in [4.69, 9.17) is 4.74 Å². The Kier molecular flexibility index (Phi) is 1.96. The van der Waals surface area contributed by atoms with Crippen molar-refractivity contribution in [2.45, 2.75) is 13.3 Å². The van der Waals surface area contributed by atoms with Gasteiger partial charge in [-0.2, -0.15) is 0 Å². The third kappa shape index (κ3) is 1.23. The maximum atomic E-state index is 5.41. The molecule has 80 valence electrons. The molecule has 1 aromatic heterocycles. The van der Waals surface area contributed by atoms with Crippen molar-refractivity contribution in [3.05, 3.63) is 47.2 Å². The summed E-state index contributed by atoms with van der Waals surface area (Å²) >= 11 is 0. The Morgan fingerprint density at radius 1 is 1.12 bits per heavy atom. The van der Waals surface area contributed by atoms with E-state index in [1.807, 2.05) is 19.1 Å². The molecule has 0 saturated carbocycles. The van der Waals surface area contributed by atoms with Crippen LogP contribution in [0.4, 0.5) is 0 Å². The first-order chi connectivity index (χ1) is 7.79. The molecule has 2 nitrogen and oxygen atoms in total. The van der Waals surface area contributed by atoms with Gasteiger partial charge in [-0.15, -0.1) is 0 Å². The number of rotatable bonds is 1. The van der Waals surface area contributed by atoms with Crippen LogP contribution in [0, 0.1) is 6.92 Å². The van der Waals surface area contributed by atoms with Crippen LogP contribution in [0.2, 0.25) is 0 Å². The minimum atomic E-state index is 0.925. The number of benzene rings is 1. The van der Waals surface area contributed by atoms with Crippen molar-refractivity contribution in [2.75, 3.05) is 7.11 Å². The number of methoxy groups -OCH3 is 1. The molecule has 1 aliphatic carbocycles. The van der Waals surface area contributed by atoms with Gasteiger partial charge in [-0.05, 0) is 30.2 Å². The van der Waals surface area contributed by atoms with Crippen molar-refractivity contribution in [1.82, 2.24) is 4.98 Å². The van der Waals surface area contributed by atoms with Crippen LogP contribution in [0.1, 0.15) is 16.8 Å². The van der Waals surface area contributed by atoms with Crippen LogP contribution in [-0.2, 0) is 6.42 Å². The number of aromatic nitrogens is 1. The minimum Gasteiger partial charge on any atom is -0.496 e. The lowest BCUT2D eigenvalue weighted by Crippen LogP contribution is -1.90. The fourth-order valence-corrected chi connectivity index (χ4v) is 2.31. The zero-order valence-corrected chi connectivity index (χ0v) is 9.45. The zero-order valence-electron chi connectivity index (χ0n) is 9.45. The predicted molar refractivity (Wildman–Crippen MR) is 63.8 cm³/mol. The monoisotopic (exact) mass is 211 g/mol. The molecule has 0 N–H and O–H groups in total. The molecule has 0 spiro atoms. The average molecular weight is 211 g/mol. The summed E-state index contributed by atoms with van der Waals surface area (Å²) in [5.74, 6) is 0.925. The van der Waals surface area contributed by atoms with Gasteiger partial charge in [0.2, 0.25) is 0 Å². The molecule has 1 aliphatic rings. The molecule has 3 rings (SSSR count). The molecule has 0 fully saturated rings. The van der Waals surface area contributed by atoms with E-state index in [1.165, 1.54) is 16.7 Å². The highest BCUT2D eigenvalue weighted by Crippen LogP contribution is 2.41. The van der Waals surface area contributed by atoms with Crippen molar-refractivity contribution >= 4 is 0 Å². The molecular weight excluding hydrogens is 198 g/mol. The molecule has 0 unspecified atom stereocenters. The van der Waals surface area contributed by atoms with Gasteiger partial charge in [0.1, 0.15) is 5.75 Å². The zero-order chi connectivity index (χ0) is 11.1. The third-order valence-corrected chi connectivity index (χ3v) is 3.07. The maximum absolute atomic E-state index is 5.41. The Morgan fingerprint density at radius 3 is 2.81 bits per heavy atom. The Morgan fingerprint density at radius 2 is 2.00 bits per heavy atom. The Balaban J connectivity index is 2.29. The molecule has 1 aromatic carbocycles. The van der Waals surface area contributed by atoms with E-state index < -0.39 is 0 Å². The highest BCUT2D eigenvalue weighted by Gasteiger charge is 2.23. The van der Waals surface area contributed by atoms with Crippen LogP contribution in [0.15, 0.2) is 30.3 Å². The molecule has 0 aliphatic heterocycles. The number of nitrogens with zero attached hydrogens (tertiary/aromatic N) is 1. The molecule has 0 atom stereocenters. The lowest BCUT2D eigenvalue weighted by atomic mass is 10.1. The first-order valence-corrected chi connectivity index (χ1v) is 5.42. The van der Waals surface area contributed by atoms with Crippen molar-refractivity contribution < 1.29 is 4.74 Å². The van der Waals surface area contributed by atoms with Crippen molar-refractivity contribution in [2.24, 2.45) is 0 Å². The summed E-state index contributed by atoms with van der Waals surface area (Å²) in [6.45, 7) is 2.02. The molecule has 2 heteroatoms. The summed E-state index contributed by atoms with van der Waals surface area (Å²) in [6, 6.07) is 10.4. The van der Waals surface area contributed by atoms with Crippen molar-refractivity contribution in [3.8, 4) is 17.0 Å². The predicted octanol–water partition coefficient (Wildman–Crippen LogP) is 2.97. The van der Waals surface area contributed by atoms with E-state index in [-0.39, 0.29) is 0 Å². The van der Waals surface area contributed by atoms with Gasteiger partial charge in [-0.1, -0.05) is 18.2 Å². The first kappa shape index (κ1) is 9.40. The molecule has 0 bridgehead atoms. The standard InChI is InChI=1S/C14H13NO/c1-9-6-7-11-8-10-4-3-5-12(16-2)13(10)14(11)15-9/h3-7H,8H2,1-2H3. The first-order valence-electron chi connectivity index (χ1n) is 5.42. The van der Waals surface area contributed by atoms with Crippen LogP contribution in [0.25, 0.3) is 11.3 Å². The largest absolute Gasteiger partial charge is 0.496 e. The molecule has 0 radical (unpaired) electrons. The topological polar surface area (TPSA) is 22.1 Å². The maximum Gasteiger partial charge on any atom is 0.128 e. The minimum absolute atomic E-state index is 0.925. The quantitative estimate of drug-likeness (QED) is 0.617. The average Bonchev–Trinajstić information content (AvgIpc) is 2.66. The van der Waals surface area contributed by atoms with Gasteiger partial charge in [0, 0.05) is 17.7 Å². The number of aryl methyl sites for hydroxylation is 1. The second-order valence-electron chi connectivity index (χ2n) is 4.13. The highest BCUT2D eigenvalue weighted by molar-refractivity contribution is 5.79. The van der Waals surface area contributed by atoms with Crippen LogP contribution >= 0.6 is 0 Å². The molecular formula is C14H13NO. The highest BCUT2D eigenvalue weighted by atomic mass is 16.5. The molecule has 0 amide bonds. The normalized spacial score (nSPS) is 12.1. The summed E-state index contributed by atoms with van der Waals surface area (Å²) in [5.41, 5.74) is 5.92. The Labute approximate surface area is 94.9 Å². The van der Waals surface area contributed by atoms with Gasteiger partial charge in [0.25, 0.3) is 0 Å². The lowest BCUT2D eigenvalue weighted by Gasteiger charge is -2.07. The van der Waals surface area contributed by atoms with Gasteiger partial charge in [-0.3, -0.25) is 4.98 Å². The van der Waals surface area contributed by atoms with E-state index in [9.17, 15) is 0 Å². The van der Waals surface area contributed by atoms with Gasteiger partial charge in [-0.25, -0.2) is 0 Å². The van der Waals surface area contributed by atoms with Gasteiger partial charge in [0.15, 0.2) is 0 Å². The van der Waals surface area contributed by atoms with Gasteiger partial charge in [0.05, 0.1) is 12.8 Å². The fourth-order valence-electron chi connectivity index (χ4n) is 2.31. The van der Waals surface area contributed by atoms with E-state index in [1.54, 1.807) is 7.11 Å². The van der Waals surface area contributed by atoms with Crippen LogP contribution < -0.4 is 4.74 Å². The summed E-state index contributed by atoms with van der Waals surface area (Å²) in [7, 11) is 1.71. The number of fused-ring (bicyclic) bond motifs is 3. The van der Waals surface area contributed by atoms with E-state index in [0.717, 1.165) is 23.6 Å². The van der Waals surface area contributed by atoms with Gasteiger partial charge < -0.3 is 4.74 Å². The summed E-state index contributed by atoms with van der Waals surface area (Å²) in [4.78, 5) is 4.62. The number of pyridine rings is 1. The second-order valence-corrected chi connectivity index (χ2v) is 4.13. The lowest BCUT2D eigenvalue weighted by molar-refractivity contribution is 0.416. The Bertz CT molecular complexity index is 561. The fraction of sp³-hybridized carbons (Fsp3) is 0.214. The SMILES string of the molecule is COc1cccc2c1-c1nc(C)ccc1C2. The number of ether oxygens (including phenoxy) is 1. The summed E-state index contributed by atoms with van der Waals surface area (Å²) in [6.07, 6.45) is 0.967. The number of hydrogen-bond acceptors (Lipinski definition) is 2. The summed E-state index contributed by atoms with van der Waals surface area (Å²) < 4.78 is 5.41. The molecule has 1 heterocycles. The van der Waals surface area contributed by atoms with Crippen molar-refractivity contribution in [3.63, 3.8) is 0 Å². The number of hydrogen-bond donors (Lipinski definition) is 0. The van der Waals surface area contributed by atoms with Gasteiger partial charge >= 0.3 is 0 Å². The van der Waals surface area contributed by atoms with Crippen LogP contribution in [-0.4, -0.2) is 12.1 Å². The van der Waals surface area contributed by atoms with E-state index >= 15 is 0 Å². The molecule has 16 heavy (non-hydrogen) atoms. The summed E-state index contributed by atoms with van der Waals surface area (Å²) in [5, 5.41) is 0. The van der Waals surface area contributed by atoms with E-state index in [2.05, 4.69) is 23.2 Å². The van der Waals surface area contributed by atoms with Crippen molar-refractivity contribution in [1.29, 1.82) is 0 Å². The van der Waals surface area contributed by atoms with Crippen LogP contribution in [0.5, 0.6) is 5.75 Å². The molecule has 2 aromatic rings. The second kappa shape index (κ2) is 3.34. The third-order valence-electron chi connectivity index (χ3n) is 3.07. The molecule has 0 saturated heterocycles.